The van der Waals surface area contributed by atoms with E-state index in [1.807, 2.05) is 13.8 Å². The Morgan fingerprint density at radius 3 is 2.38 bits per heavy atom. The van der Waals surface area contributed by atoms with Crippen molar-refractivity contribution in [1.29, 1.82) is 0 Å². The van der Waals surface area contributed by atoms with Gasteiger partial charge in [0.25, 0.3) is 0 Å². The summed E-state index contributed by atoms with van der Waals surface area (Å²) in [5.74, 6) is 0.259. The maximum Gasteiger partial charge on any atom is 0.434 e. The molecule has 0 N–H and O–H groups in total. The van der Waals surface area contributed by atoms with Gasteiger partial charge in [0.2, 0.25) is 0 Å². The summed E-state index contributed by atoms with van der Waals surface area (Å²) in [5, 5.41) is 0. The van der Waals surface area contributed by atoms with Crippen molar-refractivity contribution in [1.82, 2.24) is 9.55 Å². The average molecular weight is 361 g/mol. The van der Waals surface area contributed by atoms with E-state index in [4.69, 9.17) is 0 Å². The normalized spacial score (nSPS) is 10.8. The molecule has 1 heterocycles. The first kappa shape index (κ1) is 17.5. The van der Waals surface area contributed by atoms with Gasteiger partial charge in [0.05, 0.1) is 0 Å². The third-order valence-corrected chi connectivity index (χ3v) is 3.13. The molecule has 6 heteroatoms. The van der Waals surface area contributed by atoms with Crippen molar-refractivity contribution in [2.75, 3.05) is 0 Å². The molecule has 2 aromatic rings. The van der Waals surface area contributed by atoms with Crippen molar-refractivity contribution in [3.05, 3.63) is 46.7 Å². The fourth-order valence-corrected chi connectivity index (χ4v) is 2.14. The van der Waals surface area contributed by atoms with Crippen LogP contribution in [0.5, 0.6) is 0 Å². The Balaban J connectivity index is 0.00000106. The van der Waals surface area contributed by atoms with Crippen LogP contribution in [0.3, 0.4) is 0 Å². The summed E-state index contributed by atoms with van der Waals surface area (Å²) in [6, 6.07) is 5.25. The molecule has 21 heavy (non-hydrogen) atoms. The molecule has 0 spiro atoms. The highest BCUT2D eigenvalue weighted by Crippen LogP contribution is 2.32. The topological polar surface area (TPSA) is 17.8 Å². The van der Waals surface area contributed by atoms with Crippen molar-refractivity contribution in [3.63, 3.8) is 0 Å². The fraction of sp³-hybridized carbons (Fsp3) is 0.267. The van der Waals surface area contributed by atoms with Crippen LogP contribution >= 0.6 is 15.9 Å². The Kier molecular flexibility index (Phi) is 5.78. The highest BCUT2D eigenvalue weighted by Gasteiger charge is 2.34. The predicted molar refractivity (Wildman–Crippen MR) is 82.8 cm³/mol. The number of hydrogen-bond donors (Lipinski definition) is 0. The van der Waals surface area contributed by atoms with Gasteiger partial charge in [-0.15, -0.1) is 0 Å². The summed E-state index contributed by atoms with van der Waals surface area (Å²) >= 11 is 3.31. The molecule has 2 rings (SSSR count). The molecule has 0 bridgehead atoms. The molecule has 2 nitrogen and oxygen atoms in total. The number of alkyl halides is 3. The van der Waals surface area contributed by atoms with E-state index in [9.17, 15) is 13.2 Å². The molecule has 1 aromatic carbocycles. The number of aromatic nitrogens is 2. The van der Waals surface area contributed by atoms with E-state index in [0.717, 1.165) is 16.2 Å². The number of benzene rings is 1. The molecule has 0 amide bonds. The molecular weight excluding hydrogens is 345 g/mol. The summed E-state index contributed by atoms with van der Waals surface area (Å²) in [5.41, 5.74) is 0.427. The van der Waals surface area contributed by atoms with Crippen LogP contribution in [-0.2, 0) is 13.2 Å². The molecule has 0 fully saturated rings. The lowest BCUT2D eigenvalue weighted by atomic mass is 10.1. The second-order valence-electron chi connectivity index (χ2n) is 3.99. The van der Waals surface area contributed by atoms with Gasteiger partial charge in [-0.25, -0.2) is 4.98 Å². The molecule has 0 aliphatic rings. The zero-order valence-electron chi connectivity index (χ0n) is 12.0. The number of halogens is 4. The van der Waals surface area contributed by atoms with Crippen molar-refractivity contribution in [2.24, 2.45) is 7.05 Å². The Labute approximate surface area is 130 Å². The van der Waals surface area contributed by atoms with Crippen LogP contribution in [0.1, 0.15) is 25.1 Å². The van der Waals surface area contributed by atoms with Crippen LogP contribution in [-0.4, -0.2) is 9.55 Å². The van der Waals surface area contributed by atoms with Gasteiger partial charge in [-0.05, 0) is 23.8 Å². The third-order valence-electron chi connectivity index (χ3n) is 2.64. The zero-order valence-corrected chi connectivity index (χ0v) is 13.6. The SMILES string of the molecule is C=Cc1cc(Br)ccc1-c1nc(C(F)(F)F)cn1C.CC. The molecule has 114 valence electrons. The van der Waals surface area contributed by atoms with E-state index < -0.39 is 11.9 Å². The Bertz CT molecular complexity index is 630. The Morgan fingerprint density at radius 2 is 1.90 bits per heavy atom. The van der Waals surface area contributed by atoms with Crippen LogP contribution in [0.2, 0.25) is 0 Å². The van der Waals surface area contributed by atoms with Crippen LogP contribution in [0.15, 0.2) is 35.4 Å². The van der Waals surface area contributed by atoms with Gasteiger partial charge in [0.15, 0.2) is 5.69 Å². The number of nitrogens with zero attached hydrogens (tertiary/aromatic N) is 2. The van der Waals surface area contributed by atoms with Gasteiger partial charge in [-0.2, -0.15) is 13.2 Å². The third kappa shape index (κ3) is 3.97. The summed E-state index contributed by atoms with van der Waals surface area (Å²) in [6.45, 7) is 7.66. The fourth-order valence-electron chi connectivity index (χ4n) is 1.76. The van der Waals surface area contributed by atoms with Crippen molar-refractivity contribution < 1.29 is 13.2 Å². The maximum atomic E-state index is 12.6. The molecule has 0 aliphatic heterocycles. The van der Waals surface area contributed by atoms with Gasteiger partial charge in [0, 0.05) is 23.3 Å². The minimum atomic E-state index is -4.44. The minimum Gasteiger partial charge on any atom is -0.333 e. The first-order chi connectivity index (χ1) is 9.82. The summed E-state index contributed by atoms with van der Waals surface area (Å²) < 4.78 is 40.1. The maximum absolute atomic E-state index is 12.6. The predicted octanol–water partition coefficient (Wildman–Crippen LogP) is 5.54. The number of rotatable bonds is 2. The average Bonchev–Trinajstić information content (AvgIpc) is 2.83. The van der Waals surface area contributed by atoms with E-state index in [2.05, 4.69) is 27.5 Å². The van der Waals surface area contributed by atoms with Crippen LogP contribution in [0.4, 0.5) is 13.2 Å². The van der Waals surface area contributed by atoms with Gasteiger partial charge >= 0.3 is 6.18 Å². The first-order valence-electron chi connectivity index (χ1n) is 6.36. The van der Waals surface area contributed by atoms with E-state index in [0.29, 0.717) is 5.56 Å². The smallest absolute Gasteiger partial charge is 0.333 e. The molecule has 0 saturated carbocycles. The second-order valence-corrected chi connectivity index (χ2v) is 4.91. The number of imidazole rings is 1. The summed E-state index contributed by atoms with van der Waals surface area (Å²) in [6.07, 6.45) is -1.88. The van der Waals surface area contributed by atoms with Crippen LogP contribution < -0.4 is 0 Å². The monoisotopic (exact) mass is 360 g/mol. The molecule has 0 saturated heterocycles. The molecule has 0 unspecified atom stereocenters. The first-order valence-corrected chi connectivity index (χ1v) is 7.15. The van der Waals surface area contributed by atoms with Gasteiger partial charge in [0.1, 0.15) is 5.82 Å². The van der Waals surface area contributed by atoms with E-state index in [1.165, 1.54) is 11.6 Å². The minimum absolute atomic E-state index is 0.259. The van der Waals surface area contributed by atoms with E-state index in [1.54, 1.807) is 24.3 Å². The number of hydrogen-bond acceptors (Lipinski definition) is 1. The summed E-state index contributed by atoms with van der Waals surface area (Å²) in [7, 11) is 1.53. The number of aryl methyl sites for hydroxylation is 1. The second kappa shape index (κ2) is 6.93. The quantitative estimate of drug-likeness (QED) is 0.687. The summed E-state index contributed by atoms with van der Waals surface area (Å²) in [4.78, 5) is 3.66. The van der Waals surface area contributed by atoms with Crippen molar-refractivity contribution >= 4 is 22.0 Å². The van der Waals surface area contributed by atoms with Crippen LogP contribution in [0.25, 0.3) is 17.5 Å². The van der Waals surface area contributed by atoms with Gasteiger partial charge in [-0.3, -0.25) is 0 Å². The Morgan fingerprint density at radius 1 is 1.29 bits per heavy atom. The highest BCUT2D eigenvalue weighted by molar-refractivity contribution is 9.10. The lowest BCUT2D eigenvalue weighted by molar-refractivity contribution is -0.140. The molecule has 0 atom stereocenters. The molecular formula is C15H16BrF3N2. The standard InChI is InChI=1S/C13H10BrF3N2.C2H6/c1-3-8-6-9(14)4-5-10(8)12-18-11(7-19(12)2)13(15,16)17;1-2/h3-7H,1H2,2H3;1-2H3. The molecule has 0 aliphatic carbocycles. The highest BCUT2D eigenvalue weighted by atomic mass is 79.9. The van der Waals surface area contributed by atoms with Crippen molar-refractivity contribution in [3.8, 4) is 11.4 Å². The zero-order chi connectivity index (χ0) is 16.2. The van der Waals surface area contributed by atoms with E-state index >= 15 is 0 Å². The molecule has 1 aromatic heterocycles. The lowest BCUT2D eigenvalue weighted by Crippen LogP contribution is -2.04. The van der Waals surface area contributed by atoms with Crippen molar-refractivity contribution in [2.45, 2.75) is 20.0 Å². The van der Waals surface area contributed by atoms with Gasteiger partial charge in [-0.1, -0.05) is 42.4 Å². The molecule has 0 radical (unpaired) electrons. The largest absolute Gasteiger partial charge is 0.434 e. The van der Waals surface area contributed by atoms with Crippen LogP contribution in [0, 0.1) is 0 Å². The van der Waals surface area contributed by atoms with Gasteiger partial charge < -0.3 is 4.57 Å². The lowest BCUT2D eigenvalue weighted by Gasteiger charge is -2.06. The van der Waals surface area contributed by atoms with E-state index in [-0.39, 0.29) is 5.82 Å². The Hall–Kier alpha value is -1.56.